The number of pyridine rings is 1. The quantitative estimate of drug-likeness (QED) is 0.347. The number of benzene rings is 1. The fourth-order valence-electron chi connectivity index (χ4n) is 2.68. The number of carboxylic acid groups (broad SMARTS) is 1. The molecule has 3 heterocycles. The highest BCUT2D eigenvalue weighted by Crippen LogP contribution is 2.23. The van der Waals surface area contributed by atoms with Gasteiger partial charge in [-0.2, -0.15) is 0 Å². The Morgan fingerprint density at radius 3 is 2.35 bits per heavy atom. The smallest absolute Gasteiger partial charge is 0.319 e. The van der Waals surface area contributed by atoms with Gasteiger partial charge in [0, 0.05) is 30.5 Å². The van der Waals surface area contributed by atoms with Crippen LogP contribution in [0, 0.1) is 5.92 Å². The Bertz CT molecular complexity index is 1130. The Balaban J connectivity index is 0.000000478. The van der Waals surface area contributed by atoms with Crippen LogP contribution in [-0.2, 0) is 19.6 Å². The van der Waals surface area contributed by atoms with Crippen molar-refractivity contribution in [2.24, 2.45) is 5.92 Å². The topological polar surface area (TPSA) is 154 Å². The Labute approximate surface area is 178 Å². The summed E-state index contributed by atoms with van der Waals surface area (Å²) >= 11 is 0. The number of nitrogens with zero attached hydrogens (tertiary/aromatic N) is 2. The lowest BCUT2D eigenvalue weighted by molar-refractivity contribution is -0.145. The van der Waals surface area contributed by atoms with Crippen LogP contribution in [0.15, 0.2) is 84.6 Å². The maximum atomic E-state index is 12.3. The van der Waals surface area contributed by atoms with Crippen molar-refractivity contribution in [3.63, 3.8) is 0 Å². The first-order chi connectivity index (χ1) is 14.9. The molecular formula is C20H19N5O5S. The van der Waals surface area contributed by atoms with E-state index in [9.17, 15) is 18.0 Å². The predicted molar refractivity (Wildman–Crippen MR) is 111 cm³/mol. The maximum Gasteiger partial charge on any atom is 0.319 e. The molecule has 0 saturated heterocycles. The molecule has 3 aromatic rings. The second-order valence-electron chi connectivity index (χ2n) is 6.36. The first-order valence-electron chi connectivity index (χ1n) is 9.04. The maximum absolute atomic E-state index is 12.3. The molecule has 2 atom stereocenters. The van der Waals surface area contributed by atoms with E-state index in [4.69, 9.17) is 5.11 Å². The third-order valence-corrected chi connectivity index (χ3v) is 5.58. The van der Waals surface area contributed by atoms with Gasteiger partial charge in [0.1, 0.15) is 4.90 Å². The number of hydrogen-bond acceptors (Lipinski definition) is 6. The number of nitrogens with one attached hydrogen (secondary N) is 3. The van der Waals surface area contributed by atoms with Crippen molar-refractivity contribution < 1.29 is 23.1 Å². The number of anilines is 1. The van der Waals surface area contributed by atoms with E-state index in [-0.39, 0.29) is 4.90 Å². The summed E-state index contributed by atoms with van der Waals surface area (Å²) in [5.74, 6) is -3.00. The van der Waals surface area contributed by atoms with Gasteiger partial charge in [-0.1, -0.05) is 24.3 Å². The molecule has 11 heteroatoms. The summed E-state index contributed by atoms with van der Waals surface area (Å²) in [6, 6.07) is 8.92. The van der Waals surface area contributed by atoms with Gasteiger partial charge in [-0.3, -0.25) is 19.3 Å². The molecule has 160 valence electrons. The molecule has 1 aliphatic heterocycles. The molecule has 0 fully saturated rings. The predicted octanol–water partition coefficient (Wildman–Crippen LogP) is 1.72. The molecule has 0 aliphatic carbocycles. The van der Waals surface area contributed by atoms with Crippen molar-refractivity contribution in [1.82, 2.24) is 20.3 Å². The van der Waals surface area contributed by atoms with Crippen LogP contribution in [0.2, 0.25) is 0 Å². The Kier molecular flexibility index (Phi) is 6.78. The number of carbonyl (C=O) groups is 2. The van der Waals surface area contributed by atoms with Crippen molar-refractivity contribution in [2.45, 2.75) is 10.9 Å². The largest absolute Gasteiger partial charge is 0.480 e. The number of hydrogen-bond donors (Lipinski definition) is 4. The van der Waals surface area contributed by atoms with Crippen molar-refractivity contribution in [3.05, 3.63) is 85.2 Å². The first kappa shape index (κ1) is 21.7. The van der Waals surface area contributed by atoms with Crippen molar-refractivity contribution in [1.29, 1.82) is 0 Å². The van der Waals surface area contributed by atoms with Crippen LogP contribution in [0.4, 0.5) is 5.69 Å². The van der Waals surface area contributed by atoms with Crippen LogP contribution in [0.5, 0.6) is 0 Å². The van der Waals surface area contributed by atoms with E-state index in [1.54, 1.807) is 49.1 Å². The average molecular weight is 441 g/mol. The number of carboxylic acids is 1. The molecule has 0 radical (unpaired) electrons. The molecule has 31 heavy (non-hydrogen) atoms. The first-order valence-corrected chi connectivity index (χ1v) is 10.5. The SMILES string of the molecule is O=C(O)C1C=CC(c2ccc(NS(=O)(=O)c3cccnc3)cc2)NC1=O.c1c[nH]cn1. The second-order valence-corrected chi connectivity index (χ2v) is 8.05. The summed E-state index contributed by atoms with van der Waals surface area (Å²) in [6.45, 7) is 0. The van der Waals surface area contributed by atoms with Gasteiger partial charge < -0.3 is 15.4 Å². The Morgan fingerprint density at radius 2 is 1.84 bits per heavy atom. The van der Waals surface area contributed by atoms with Crippen molar-refractivity contribution in [2.75, 3.05) is 4.72 Å². The van der Waals surface area contributed by atoms with Gasteiger partial charge in [0.2, 0.25) is 5.91 Å². The van der Waals surface area contributed by atoms with E-state index < -0.39 is 33.9 Å². The van der Waals surface area contributed by atoms with Gasteiger partial charge in [0.15, 0.2) is 5.92 Å². The van der Waals surface area contributed by atoms with E-state index >= 15 is 0 Å². The summed E-state index contributed by atoms with van der Waals surface area (Å²) in [4.78, 5) is 33.0. The summed E-state index contributed by atoms with van der Waals surface area (Å²) in [5.41, 5.74) is 1.05. The zero-order chi connectivity index (χ0) is 22.3. The lowest BCUT2D eigenvalue weighted by Crippen LogP contribution is -2.39. The number of H-pyrrole nitrogens is 1. The van der Waals surface area contributed by atoms with Crippen LogP contribution in [-0.4, -0.2) is 40.4 Å². The summed E-state index contributed by atoms with van der Waals surface area (Å²) in [5, 5.41) is 11.5. The third-order valence-electron chi connectivity index (χ3n) is 4.21. The lowest BCUT2D eigenvalue weighted by Gasteiger charge is -2.22. The number of sulfonamides is 1. The van der Waals surface area contributed by atoms with Crippen molar-refractivity contribution in [3.8, 4) is 0 Å². The monoisotopic (exact) mass is 441 g/mol. The van der Waals surface area contributed by atoms with Crippen LogP contribution in [0.1, 0.15) is 11.6 Å². The van der Waals surface area contributed by atoms with Crippen LogP contribution < -0.4 is 10.0 Å². The van der Waals surface area contributed by atoms with Gasteiger partial charge in [-0.25, -0.2) is 13.4 Å². The summed E-state index contributed by atoms with van der Waals surface area (Å²) in [6.07, 6.45) is 10.7. The minimum atomic E-state index is -3.74. The minimum Gasteiger partial charge on any atom is -0.480 e. The number of amides is 1. The highest BCUT2D eigenvalue weighted by Gasteiger charge is 2.29. The van der Waals surface area contributed by atoms with Crippen molar-refractivity contribution >= 4 is 27.6 Å². The van der Waals surface area contributed by atoms with E-state index in [2.05, 4.69) is 25.0 Å². The number of carbonyl (C=O) groups excluding carboxylic acids is 1. The molecule has 1 amide bonds. The zero-order valence-electron chi connectivity index (χ0n) is 16.0. The van der Waals surface area contributed by atoms with E-state index in [1.807, 2.05) is 0 Å². The molecule has 0 bridgehead atoms. The molecule has 2 unspecified atom stereocenters. The highest BCUT2D eigenvalue weighted by atomic mass is 32.2. The third kappa shape index (κ3) is 5.76. The summed E-state index contributed by atoms with van der Waals surface area (Å²) in [7, 11) is -3.74. The van der Waals surface area contributed by atoms with Gasteiger partial charge in [-0.05, 0) is 29.8 Å². The molecule has 4 N–H and O–H groups in total. The number of imidazole rings is 1. The highest BCUT2D eigenvalue weighted by molar-refractivity contribution is 7.92. The normalized spacial score (nSPS) is 17.7. The molecule has 2 aromatic heterocycles. The standard InChI is InChI=1S/C17H15N3O5S.C3H4N2/c21-16-14(17(22)23)7-8-15(19-16)11-3-5-12(6-4-11)20-26(24,25)13-2-1-9-18-10-13;1-2-5-3-4-1/h1-10,14-15,20H,(H,19,21)(H,22,23);1-3H,(H,4,5). The Hall–Kier alpha value is -3.99. The van der Waals surface area contributed by atoms with E-state index in [1.165, 1.54) is 30.6 Å². The van der Waals surface area contributed by atoms with Gasteiger partial charge in [0.25, 0.3) is 10.0 Å². The zero-order valence-corrected chi connectivity index (χ0v) is 16.9. The summed E-state index contributed by atoms with van der Waals surface area (Å²) < 4.78 is 27.0. The van der Waals surface area contributed by atoms with E-state index in [0.29, 0.717) is 11.3 Å². The van der Waals surface area contributed by atoms with Crippen LogP contribution in [0.3, 0.4) is 0 Å². The van der Waals surface area contributed by atoms with Gasteiger partial charge in [-0.15, -0.1) is 0 Å². The number of aliphatic carboxylic acids is 1. The molecule has 0 saturated carbocycles. The lowest BCUT2D eigenvalue weighted by atomic mass is 9.97. The molecule has 10 nitrogen and oxygen atoms in total. The fourth-order valence-corrected chi connectivity index (χ4v) is 3.71. The second kappa shape index (κ2) is 9.67. The molecule has 0 spiro atoms. The minimum absolute atomic E-state index is 0.0475. The molecule has 4 rings (SSSR count). The number of aromatic nitrogens is 3. The molecule has 1 aromatic carbocycles. The van der Waals surface area contributed by atoms with Gasteiger partial charge >= 0.3 is 5.97 Å². The van der Waals surface area contributed by atoms with Crippen LogP contribution >= 0.6 is 0 Å². The molecule has 1 aliphatic rings. The van der Waals surface area contributed by atoms with Gasteiger partial charge in [0.05, 0.1) is 12.4 Å². The van der Waals surface area contributed by atoms with Crippen LogP contribution in [0.25, 0.3) is 0 Å². The fraction of sp³-hybridized carbons (Fsp3) is 0.100. The molecular weight excluding hydrogens is 422 g/mol. The van der Waals surface area contributed by atoms with E-state index in [0.717, 1.165) is 0 Å². The number of aromatic amines is 1. The average Bonchev–Trinajstić information content (AvgIpc) is 3.35. The number of rotatable bonds is 5. The Morgan fingerprint density at radius 1 is 1.06 bits per heavy atom.